The molecule has 0 aliphatic rings. The molecule has 0 unspecified atom stereocenters. The lowest BCUT2D eigenvalue weighted by Gasteiger charge is -2.03. The second-order valence-corrected chi connectivity index (χ2v) is 7.52. The van der Waals surface area contributed by atoms with Crippen LogP contribution in [0.2, 0.25) is 0 Å². The summed E-state index contributed by atoms with van der Waals surface area (Å²) >= 11 is 1.47. The van der Waals surface area contributed by atoms with Crippen molar-refractivity contribution in [3.63, 3.8) is 0 Å². The van der Waals surface area contributed by atoms with Gasteiger partial charge in [-0.15, -0.1) is 11.3 Å². The Morgan fingerprint density at radius 3 is 2.38 bits per heavy atom. The predicted octanol–water partition coefficient (Wildman–Crippen LogP) is 6.76. The van der Waals surface area contributed by atoms with Crippen LogP contribution in [0.5, 0.6) is 0 Å². The van der Waals surface area contributed by atoms with Crippen LogP contribution in [-0.4, -0.2) is 4.98 Å². The molecule has 0 amide bonds. The van der Waals surface area contributed by atoms with E-state index in [1.54, 1.807) is 6.20 Å². The maximum atomic E-state index is 9.56. The molecule has 4 heteroatoms. The third-order valence-corrected chi connectivity index (χ3v) is 5.42. The van der Waals surface area contributed by atoms with Gasteiger partial charge in [-0.1, -0.05) is 66.7 Å². The number of anilines is 1. The summed E-state index contributed by atoms with van der Waals surface area (Å²) in [5, 5.41) is 15.4. The van der Waals surface area contributed by atoms with Crippen molar-refractivity contribution in [2.45, 2.75) is 6.92 Å². The lowest BCUT2D eigenvalue weighted by Crippen LogP contribution is -1.91. The summed E-state index contributed by atoms with van der Waals surface area (Å²) in [6.07, 6.45) is 1.72. The first-order valence-corrected chi connectivity index (χ1v) is 10.2. The highest BCUT2D eigenvalue weighted by Gasteiger charge is 2.09. The van der Waals surface area contributed by atoms with Crippen LogP contribution in [0.15, 0.2) is 90.4 Å². The summed E-state index contributed by atoms with van der Waals surface area (Å²) in [6, 6.07) is 28.9. The van der Waals surface area contributed by atoms with Crippen LogP contribution in [0.25, 0.3) is 28.0 Å². The minimum Gasteiger partial charge on any atom is -0.360 e. The van der Waals surface area contributed by atoms with E-state index in [4.69, 9.17) is 0 Å². The number of nitrogens with zero attached hydrogens (tertiary/aromatic N) is 2. The Kier molecular flexibility index (Phi) is 5.51. The van der Waals surface area contributed by atoms with Crippen LogP contribution in [0.3, 0.4) is 0 Å². The summed E-state index contributed by atoms with van der Waals surface area (Å²) < 4.78 is 0. The summed E-state index contributed by atoms with van der Waals surface area (Å²) in [5.74, 6) is 0. The minimum absolute atomic E-state index is 0.517. The van der Waals surface area contributed by atoms with E-state index < -0.39 is 0 Å². The van der Waals surface area contributed by atoms with Crippen molar-refractivity contribution in [2.24, 2.45) is 0 Å². The lowest BCUT2D eigenvalue weighted by atomic mass is 10.0. The molecule has 4 rings (SSSR count). The fraction of sp³-hybridized carbons (Fsp3) is 0.0400. The number of allylic oxidation sites excluding steroid dienone is 1. The van der Waals surface area contributed by atoms with Crippen LogP contribution < -0.4 is 5.32 Å². The molecule has 4 aromatic rings. The maximum Gasteiger partial charge on any atom is 0.136 e. The van der Waals surface area contributed by atoms with Crippen molar-refractivity contribution in [1.82, 2.24) is 4.98 Å². The highest BCUT2D eigenvalue weighted by atomic mass is 32.1. The molecule has 3 aromatic carbocycles. The third kappa shape index (κ3) is 4.43. The van der Waals surface area contributed by atoms with Crippen LogP contribution in [0.4, 0.5) is 5.69 Å². The molecule has 0 saturated heterocycles. The molecule has 0 aliphatic carbocycles. The molecule has 0 aliphatic heterocycles. The number of hydrogen-bond donors (Lipinski definition) is 1. The quantitative estimate of drug-likeness (QED) is 0.381. The Morgan fingerprint density at radius 2 is 1.66 bits per heavy atom. The Balaban J connectivity index is 1.54. The van der Waals surface area contributed by atoms with Crippen LogP contribution in [-0.2, 0) is 0 Å². The van der Waals surface area contributed by atoms with Gasteiger partial charge < -0.3 is 5.32 Å². The zero-order valence-corrected chi connectivity index (χ0v) is 16.8. The van der Waals surface area contributed by atoms with Gasteiger partial charge in [-0.25, -0.2) is 4.98 Å². The molecule has 0 fully saturated rings. The molecule has 0 saturated carbocycles. The van der Waals surface area contributed by atoms with Crippen LogP contribution >= 0.6 is 11.3 Å². The molecule has 140 valence electrons. The second kappa shape index (κ2) is 8.55. The van der Waals surface area contributed by atoms with Crippen molar-refractivity contribution in [2.75, 3.05) is 5.32 Å². The molecule has 0 bridgehead atoms. The maximum absolute atomic E-state index is 9.56. The monoisotopic (exact) mass is 393 g/mol. The van der Waals surface area contributed by atoms with Crippen molar-refractivity contribution in [1.29, 1.82) is 5.26 Å². The number of nitrogens with one attached hydrogen (secondary N) is 1. The summed E-state index contributed by atoms with van der Waals surface area (Å²) in [7, 11) is 0. The van der Waals surface area contributed by atoms with E-state index in [2.05, 4.69) is 52.8 Å². The normalized spacial score (nSPS) is 11.1. The SMILES string of the molecule is Cc1cccc(N/C=C(/C#N)c2nc(-c3ccc(-c4ccccc4)cc3)cs2)c1. The van der Waals surface area contributed by atoms with E-state index in [-0.39, 0.29) is 0 Å². The number of rotatable bonds is 5. The molecular formula is C25H19N3S. The zero-order chi connectivity index (χ0) is 20.1. The summed E-state index contributed by atoms with van der Waals surface area (Å²) in [4.78, 5) is 4.67. The van der Waals surface area contributed by atoms with E-state index in [1.807, 2.05) is 54.8 Å². The Labute approximate surface area is 174 Å². The molecule has 1 aromatic heterocycles. The molecule has 1 heterocycles. The highest BCUT2D eigenvalue weighted by Crippen LogP contribution is 2.28. The zero-order valence-electron chi connectivity index (χ0n) is 16.0. The Morgan fingerprint density at radius 1 is 0.931 bits per heavy atom. The topological polar surface area (TPSA) is 48.7 Å². The fourth-order valence-electron chi connectivity index (χ4n) is 3.03. The molecule has 0 atom stereocenters. The predicted molar refractivity (Wildman–Crippen MR) is 121 cm³/mol. The first-order valence-electron chi connectivity index (χ1n) is 9.28. The van der Waals surface area contributed by atoms with Crippen LogP contribution in [0.1, 0.15) is 10.6 Å². The van der Waals surface area contributed by atoms with Crippen molar-refractivity contribution < 1.29 is 0 Å². The minimum atomic E-state index is 0.517. The van der Waals surface area contributed by atoms with E-state index in [1.165, 1.54) is 22.5 Å². The van der Waals surface area contributed by atoms with Crippen LogP contribution in [0, 0.1) is 18.3 Å². The van der Waals surface area contributed by atoms with Gasteiger partial charge in [-0.3, -0.25) is 0 Å². The molecule has 29 heavy (non-hydrogen) atoms. The van der Waals surface area contributed by atoms with Gasteiger partial charge in [0.25, 0.3) is 0 Å². The molecule has 0 spiro atoms. The van der Waals surface area contributed by atoms with E-state index in [0.717, 1.165) is 22.5 Å². The number of aryl methyl sites for hydroxylation is 1. The average molecular weight is 394 g/mol. The van der Waals surface area contributed by atoms with Gasteiger partial charge >= 0.3 is 0 Å². The summed E-state index contributed by atoms with van der Waals surface area (Å²) in [6.45, 7) is 2.04. The average Bonchev–Trinajstić information content (AvgIpc) is 3.25. The third-order valence-electron chi connectivity index (χ3n) is 4.54. The number of aromatic nitrogens is 1. The van der Waals surface area contributed by atoms with Crippen molar-refractivity contribution in [3.8, 4) is 28.5 Å². The van der Waals surface area contributed by atoms with Crippen molar-refractivity contribution >= 4 is 22.6 Å². The Hall–Kier alpha value is -3.68. The Bertz CT molecular complexity index is 1180. The van der Waals surface area contributed by atoms with E-state index >= 15 is 0 Å². The van der Waals surface area contributed by atoms with Gasteiger partial charge in [0.05, 0.1) is 5.69 Å². The molecule has 1 N–H and O–H groups in total. The largest absolute Gasteiger partial charge is 0.360 e. The van der Waals surface area contributed by atoms with Gasteiger partial charge in [0.1, 0.15) is 16.6 Å². The van der Waals surface area contributed by atoms with Gasteiger partial charge in [-0.2, -0.15) is 5.26 Å². The number of nitriles is 1. The van der Waals surface area contributed by atoms with Gasteiger partial charge in [0, 0.05) is 22.8 Å². The standard InChI is InChI=1S/C25H19N3S/c1-18-6-5-9-23(14-18)27-16-22(15-26)25-28-24(17-29-25)21-12-10-20(11-13-21)19-7-3-2-4-8-19/h2-14,16-17,27H,1H3/b22-16-. The number of thiazole rings is 1. The van der Waals surface area contributed by atoms with E-state index in [9.17, 15) is 5.26 Å². The second-order valence-electron chi connectivity index (χ2n) is 6.66. The van der Waals surface area contributed by atoms with E-state index in [0.29, 0.717) is 10.6 Å². The van der Waals surface area contributed by atoms with Crippen molar-refractivity contribution in [3.05, 3.63) is 101 Å². The van der Waals surface area contributed by atoms with Gasteiger partial charge in [0.2, 0.25) is 0 Å². The first kappa shape index (κ1) is 18.7. The molecule has 3 nitrogen and oxygen atoms in total. The van der Waals surface area contributed by atoms with Gasteiger partial charge in [-0.05, 0) is 35.7 Å². The first-order chi connectivity index (χ1) is 14.2. The lowest BCUT2D eigenvalue weighted by molar-refractivity contribution is 1.36. The van der Waals surface area contributed by atoms with Gasteiger partial charge in [0.15, 0.2) is 0 Å². The number of benzene rings is 3. The number of hydrogen-bond acceptors (Lipinski definition) is 4. The fourth-order valence-corrected chi connectivity index (χ4v) is 3.82. The highest BCUT2D eigenvalue weighted by molar-refractivity contribution is 7.11. The summed E-state index contributed by atoms with van der Waals surface area (Å²) in [5.41, 5.74) is 6.91. The smallest absolute Gasteiger partial charge is 0.136 e. The molecular weight excluding hydrogens is 374 g/mol. The molecule has 0 radical (unpaired) electrons.